The van der Waals surface area contributed by atoms with Crippen LogP contribution in [0.1, 0.15) is 52.9 Å². The van der Waals surface area contributed by atoms with Crippen molar-refractivity contribution >= 4 is 17.7 Å². The van der Waals surface area contributed by atoms with Gasteiger partial charge in [0.05, 0.1) is 13.1 Å². The van der Waals surface area contributed by atoms with E-state index in [1.54, 1.807) is 7.05 Å². The minimum absolute atomic E-state index is 0.00456. The van der Waals surface area contributed by atoms with Crippen molar-refractivity contribution in [1.82, 2.24) is 15.5 Å². The van der Waals surface area contributed by atoms with Crippen LogP contribution < -0.4 is 10.6 Å². The zero-order chi connectivity index (χ0) is 16.8. The summed E-state index contributed by atoms with van der Waals surface area (Å²) in [5, 5.41) is 5.49. The van der Waals surface area contributed by atoms with Crippen LogP contribution in [0.25, 0.3) is 0 Å². The molecule has 2 N–H and O–H groups in total. The number of hydrogen-bond donors (Lipinski definition) is 2. The fourth-order valence-corrected chi connectivity index (χ4v) is 2.57. The number of likely N-dealkylation sites (N-methyl/N-ethyl adjacent to an activating group) is 1. The third kappa shape index (κ3) is 6.91. The van der Waals surface area contributed by atoms with Crippen LogP contribution in [0, 0.1) is 5.92 Å². The van der Waals surface area contributed by atoms with Crippen molar-refractivity contribution in [3.63, 3.8) is 0 Å². The van der Waals surface area contributed by atoms with E-state index in [1.807, 2.05) is 20.8 Å². The highest BCUT2D eigenvalue weighted by atomic mass is 16.2. The summed E-state index contributed by atoms with van der Waals surface area (Å²) in [5.41, 5.74) is -0.323. The third-order valence-electron chi connectivity index (χ3n) is 3.71. The van der Waals surface area contributed by atoms with Gasteiger partial charge in [0.25, 0.3) is 0 Å². The van der Waals surface area contributed by atoms with E-state index in [1.165, 1.54) is 11.3 Å². The standard InChI is InChI=1S/C16H29N3O3/c1-16(2,3)18-13(20)11-19(4)14(21)10-17-15(22)12-8-6-5-7-9-12/h12H,5-11H2,1-4H3,(H,17,22)(H,18,20). The first-order valence-corrected chi connectivity index (χ1v) is 8.02. The van der Waals surface area contributed by atoms with Crippen LogP contribution in [0.4, 0.5) is 0 Å². The molecule has 6 nitrogen and oxygen atoms in total. The molecule has 0 aromatic carbocycles. The molecule has 0 atom stereocenters. The summed E-state index contributed by atoms with van der Waals surface area (Å²) >= 11 is 0. The summed E-state index contributed by atoms with van der Waals surface area (Å²) in [6.07, 6.45) is 5.17. The lowest BCUT2D eigenvalue weighted by Gasteiger charge is -2.24. The lowest BCUT2D eigenvalue weighted by atomic mass is 9.89. The van der Waals surface area contributed by atoms with Crippen molar-refractivity contribution in [2.75, 3.05) is 20.1 Å². The van der Waals surface area contributed by atoms with Crippen LogP contribution in [0.15, 0.2) is 0 Å². The molecule has 3 amide bonds. The number of nitrogens with one attached hydrogen (secondary N) is 2. The molecule has 1 aliphatic rings. The second kappa shape index (κ2) is 8.15. The maximum absolute atomic E-state index is 12.0. The average molecular weight is 311 g/mol. The maximum Gasteiger partial charge on any atom is 0.242 e. The third-order valence-corrected chi connectivity index (χ3v) is 3.71. The maximum atomic E-state index is 12.0. The molecule has 1 saturated carbocycles. The highest BCUT2D eigenvalue weighted by Crippen LogP contribution is 2.23. The summed E-state index contributed by atoms with van der Waals surface area (Å²) in [7, 11) is 1.57. The van der Waals surface area contributed by atoms with Crippen molar-refractivity contribution < 1.29 is 14.4 Å². The molecule has 1 rings (SSSR count). The summed E-state index contributed by atoms with van der Waals surface area (Å²) in [4.78, 5) is 37.0. The van der Waals surface area contributed by atoms with Gasteiger partial charge in [0.2, 0.25) is 17.7 Å². The van der Waals surface area contributed by atoms with Gasteiger partial charge in [0.15, 0.2) is 0 Å². The molecule has 0 unspecified atom stereocenters. The Balaban J connectivity index is 2.31. The molecule has 0 radical (unpaired) electrons. The molecule has 1 fully saturated rings. The molecule has 1 aliphatic carbocycles. The van der Waals surface area contributed by atoms with Crippen LogP contribution in [0.2, 0.25) is 0 Å². The van der Waals surface area contributed by atoms with Crippen LogP contribution in [-0.2, 0) is 14.4 Å². The van der Waals surface area contributed by atoms with Crippen molar-refractivity contribution in [1.29, 1.82) is 0 Å². The average Bonchev–Trinajstić information content (AvgIpc) is 2.43. The van der Waals surface area contributed by atoms with Crippen molar-refractivity contribution in [3.8, 4) is 0 Å². The van der Waals surface area contributed by atoms with Gasteiger partial charge in [0.1, 0.15) is 0 Å². The Morgan fingerprint density at radius 3 is 2.23 bits per heavy atom. The van der Waals surface area contributed by atoms with Gasteiger partial charge in [-0.05, 0) is 33.6 Å². The quantitative estimate of drug-likeness (QED) is 0.797. The summed E-state index contributed by atoms with van der Waals surface area (Å²) < 4.78 is 0. The van der Waals surface area contributed by atoms with E-state index < -0.39 is 0 Å². The van der Waals surface area contributed by atoms with E-state index in [9.17, 15) is 14.4 Å². The number of amides is 3. The zero-order valence-corrected chi connectivity index (χ0v) is 14.2. The van der Waals surface area contributed by atoms with E-state index in [-0.39, 0.29) is 42.3 Å². The Labute approximate surface area is 133 Å². The van der Waals surface area contributed by atoms with Crippen molar-refractivity contribution in [2.24, 2.45) is 5.92 Å². The molecule has 0 aromatic rings. The molecule has 0 saturated heterocycles. The van der Waals surface area contributed by atoms with E-state index >= 15 is 0 Å². The number of rotatable bonds is 5. The topological polar surface area (TPSA) is 78.5 Å². The molecule has 0 spiro atoms. The van der Waals surface area contributed by atoms with E-state index in [0.717, 1.165) is 25.7 Å². The summed E-state index contributed by atoms with van der Waals surface area (Å²) in [5.74, 6) is -0.466. The van der Waals surface area contributed by atoms with Gasteiger partial charge in [-0.15, -0.1) is 0 Å². The fourth-order valence-electron chi connectivity index (χ4n) is 2.57. The minimum atomic E-state index is -0.323. The SMILES string of the molecule is CN(CC(=O)NC(C)(C)C)C(=O)CNC(=O)C1CCCCC1. The first-order valence-electron chi connectivity index (χ1n) is 8.02. The molecule has 6 heteroatoms. The second-order valence-electron chi connectivity index (χ2n) is 7.10. The van der Waals surface area contributed by atoms with Gasteiger partial charge in [-0.3, -0.25) is 14.4 Å². The monoisotopic (exact) mass is 311 g/mol. The number of nitrogens with zero attached hydrogens (tertiary/aromatic N) is 1. The highest BCUT2D eigenvalue weighted by Gasteiger charge is 2.22. The Morgan fingerprint density at radius 1 is 1.09 bits per heavy atom. The molecule has 0 aromatic heterocycles. The Kier molecular flexibility index (Phi) is 6.84. The Bertz CT molecular complexity index is 409. The zero-order valence-electron chi connectivity index (χ0n) is 14.2. The predicted octanol–water partition coefficient (Wildman–Crippen LogP) is 1.06. The van der Waals surface area contributed by atoms with Gasteiger partial charge in [-0.25, -0.2) is 0 Å². The largest absolute Gasteiger partial charge is 0.350 e. The van der Waals surface area contributed by atoms with Gasteiger partial charge < -0.3 is 15.5 Å². The number of carbonyl (C=O) groups is 3. The van der Waals surface area contributed by atoms with Gasteiger partial charge in [-0.1, -0.05) is 19.3 Å². The van der Waals surface area contributed by atoms with Crippen LogP contribution in [0.3, 0.4) is 0 Å². The van der Waals surface area contributed by atoms with E-state index in [2.05, 4.69) is 10.6 Å². The van der Waals surface area contributed by atoms with E-state index in [4.69, 9.17) is 0 Å². The molecular weight excluding hydrogens is 282 g/mol. The normalized spacial score (nSPS) is 16.0. The number of carbonyl (C=O) groups excluding carboxylic acids is 3. The predicted molar refractivity (Wildman–Crippen MR) is 85.1 cm³/mol. The minimum Gasteiger partial charge on any atom is -0.350 e. The molecular formula is C16H29N3O3. The van der Waals surface area contributed by atoms with Crippen molar-refractivity contribution in [3.05, 3.63) is 0 Å². The second-order valence-corrected chi connectivity index (χ2v) is 7.10. The molecule has 22 heavy (non-hydrogen) atoms. The summed E-state index contributed by atoms with van der Waals surface area (Å²) in [6.45, 7) is 5.61. The Morgan fingerprint density at radius 2 is 1.68 bits per heavy atom. The van der Waals surface area contributed by atoms with Crippen LogP contribution >= 0.6 is 0 Å². The molecule has 0 heterocycles. The lowest BCUT2D eigenvalue weighted by Crippen LogP contribution is -2.48. The van der Waals surface area contributed by atoms with Crippen molar-refractivity contribution in [2.45, 2.75) is 58.4 Å². The van der Waals surface area contributed by atoms with Gasteiger partial charge in [-0.2, -0.15) is 0 Å². The molecule has 0 bridgehead atoms. The first kappa shape index (κ1) is 18.5. The van der Waals surface area contributed by atoms with Gasteiger partial charge >= 0.3 is 0 Å². The van der Waals surface area contributed by atoms with E-state index in [0.29, 0.717) is 0 Å². The Hall–Kier alpha value is -1.59. The lowest BCUT2D eigenvalue weighted by molar-refractivity contribution is -0.136. The fraction of sp³-hybridized carbons (Fsp3) is 0.812. The number of hydrogen-bond acceptors (Lipinski definition) is 3. The molecule has 0 aliphatic heterocycles. The van der Waals surface area contributed by atoms with Crippen LogP contribution in [-0.4, -0.2) is 48.3 Å². The van der Waals surface area contributed by atoms with Gasteiger partial charge in [0, 0.05) is 18.5 Å². The van der Waals surface area contributed by atoms with Crippen LogP contribution in [0.5, 0.6) is 0 Å². The first-order chi connectivity index (χ1) is 10.2. The smallest absolute Gasteiger partial charge is 0.242 e. The molecule has 126 valence electrons. The highest BCUT2D eigenvalue weighted by molar-refractivity contribution is 5.88. The summed E-state index contributed by atoms with van der Waals surface area (Å²) in [6, 6.07) is 0.